The van der Waals surface area contributed by atoms with Crippen molar-refractivity contribution in [3.8, 4) is 0 Å². The van der Waals surface area contributed by atoms with Crippen molar-refractivity contribution in [2.75, 3.05) is 18.0 Å². The summed E-state index contributed by atoms with van der Waals surface area (Å²) in [6.45, 7) is 6.54. The van der Waals surface area contributed by atoms with E-state index >= 15 is 0 Å². The van der Waals surface area contributed by atoms with Crippen LogP contribution < -0.4 is 4.90 Å². The van der Waals surface area contributed by atoms with Gasteiger partial charge >= 0.3 is 0 Å². The van der Waals surface area contributed by atoms with Crippen molar-refractivity contribution in [2.24, 2.45) is 11.8 Å². The van der Waals surface area contributed by atoms with Crippen molar-refractivity contribution in [3.05, 3.63) is 17.5 Å². The largest absolute Gasteiger partial charge is 0.338 e. The minimum atomic E-state index is 0.775. The van der Waals surface area contributed by atoms with Gasteiger partial charge in [0.05, 0.1) is 0 Å². The fourth-order valence-electron chi connectivity index (χ4n) is 3.14. The molecular formula is C14H21N3O. The highest BCUT2D eigenvalue weighted by atomic mass is 16.5. The number of hydrogen-bond donors (Lipinski definition) is 0. The summed E-state index contributed by atoms with van der Waals surface area (Å²) in [5.74, 6) is 3.13. The maximum absolute atomic E-state index is 5.28. The monoisotopic (exact) mass is 247 g/mol. The van der Waals surface area contributed by atoms with Gasteiger partial charge in [-0.15, -0.1) is 0 Å². The van der Waals surface area contributed by atoms with Crippen LogP contribution in [0, 0.1) is 11.8 Å². The molecule has 4 heteroatoms. The molecule has 0 unspecified atom stereocenters. The Balaban J connectivity index is 1.68. The lowest BCUT2D eigenvalue weighted by atomic mass is 9.83. The zero-order valence-electron chi connectivity index (χ0n) is 11.2. The van der Waals surface area contributed by atoms with Gasteiger partial charge in [-0.25, -0.2) is 0 Å². The molecule has 0 saturated carbocycles. The number of allylic oxidation sites excluding steroid dienone is 2. The molecule has 0 N–H and O–H groups in total. The fourth-order valence-corrected chi connectivity index (χ4v) is 3.14. The van der Waals surface area contributed by atoms with Gasteiger partial charge in [0.15, 0.2) is 0 Å². The predicted molar refractivity (Wildman–Crippen MR) is 70.5 cm³/mol. The summed E-state index contributed by atoms with van der Waals surface area (Å²) in [6.07, 6.45) is 6.78. The minimum Gasteiger partial charge on any atom is -0.338 e. The van der Waals surface area contributed by atoms with E-state index in [0.29, 0.717) is 0 Å². The van der Waals surface area contributed by atoms with Crippen molar-refractivity contribution in [1.82, 2.24) is 10.1 Å². The van der Waals surface area contributed by atoms with Crippen molar-refractivity contribution >= 4 is 5.95 Å². The summed E-state index contributed by atoms with van der Waals surface area (Å²) < 4.78 is 5.28. The number of aromatic nitrogens is 2. The summed E-state index contributed by atoms with van der Waals surface area (Å²) in [6, 6.07) is 0. The van der Waals surface area contributed by atoms with E-state index in [9.17, 15) is 0 Å². The molecule has 2 aliphatic rings. The Morgan fingerprint density at radius 2 is 2.22 bits per heavy atom. The summed E-state index contributed by atoms with van der Waals surface area (Å²) in [7, 11) is 0. The molecule has 4 nitrogen and oxygen atoms in total. The minimum absolute atomic E-state index is 0.775. The molecule has 0 radical (unpaired) electrons. The first-order valence-corrected chi connectivity index (χ1v) is 6.99. The molecule has 1 aliphatic heterocycles. The smallest absolute Gasteiger partial charge is 0.266 e. The number of anilines is 1. The van der Waals surface area contributed by atoms with Gasteiger partial charge in [0.25, 0.3) is 5.95 Å². The second kappa shape index (κ2) is 4.75. The normalized spacial score (nSPS) is 27.2. The summed E-state index contributed by atoms with van der Waals surface area (Å²) in [5, 5.41) is 4.12. The molecule has 1 aromatic rings. The summed E-state index contributed by atoms with van der Waals surface area (Å²) >= 11 is 0. The van der Waals surface area contributed by atoms with E-state index in [1.165, 1.54) is 18.4 Å². The standard InChI is InChI=1S/C14H21N3O/c1-3-4-13-15-14(16-18-13)17-8-11-6-5-10(2)7-12(11)9-17/h5,11-12H,3-4,6-9H2,1-2H3/t11-,12+/m1/s1. The molecule has 1 fully saturated rings. The number of nitrogens with zero attached hydrogens (tertiary/aromatic N) is 3. The molecule has 3 rings (SSSR count). The third-order valence-electron chi connectivity index (χ3n) is 4.13. The maximum Gasteiger partial charge on any atom is 0.266 e. The Bertz CT molecular complexity index is 452. The van der Waals surface area contributed by atoms with Gasteiger partial charge < -0.3 is 9.42 Å². The molecule has 18 heavy (non-hydrogen) atoms. The molecule has 0 aromatic carbocycles. The van der Waals surface area contributed by atoms with Crippen LogP contribution in [0.1, 0.15) is 39.0 Å². The molecule has 1 aliphatic carbocycles. The van der Waals surface area contributed by atoms with E-state index in [1.807, 2.05) is 0 Å². The summed E-state index contributed by atoms with van der Waals surface area (Å²) in [4.78, 5) is 6.79. The van der Waals surface area contributed by atoms with Crippen molar-refractivity contribution in [3.63, 3.8) is 0 Å². The highest BCUT2D eigenvalue weighted by molar-refractivity contribution is 5.32. The Morgan fingerprint density at radius 3 is 3.06 bits per heavy atom. The number of hydrogen-bond acceptors (Lipinski definition) is 4. The predicted octanol–water partition coefficient (Wildman–Crippen LogP) is 2.81. The summed E-state index contributed by atoms with van der Waals surface area (Å²) in [5.41, 5.74) is 1.54. The number of aryl methyl sites for hydroxylation is 1. The maximum atomic E-state index is 5.28. The van der Waals surface area contributed by atoms with Gasteiger partial charge in [-0.1, -0.05) is 18.6 Å². The SMILES string of the molecule is CCCc1nc(N2C[C@H]3CC=C(C)C[C@H]3C2)no1. The molecule has 0 amide bonds. The molecule has 0 spiro atoms. The van der Waals surface area contributed by atoms with Crippen LogP contribution >= 0.6 is 0 Å². The second-order valence-corrected chi connectivity index (χ2v) is 5.65. The van der Waals surface area contributed by atoms with Crippen LogP contribution in [-0.2, 0) is 6.42 Å². The van der Waals surface area contributed by atoms with Gasteiger partial charge in [0.1, 0.15) is 0 Å². The number of fused-ring (bicyclic) bond motifs is 1. The van der Waals surface area contributed by atoms with Crippen LogP contribution in [0.5, 0.6) is 0 Å². The fraction of sp³-hybridized carbons (Fsp3) is 0.714. The molecule has 0 bridgehead atoms. The van der Waals surface area contributed by atoms with Gasteiger partial charge in [0.2, 0.25) is 5.89 Å². The molecule has 98 valence electrons. The molecule has 2 heterocycles. The molecule has 1 saturated heterocycles. The van der Waals surface area contributed by atoms with E-state index in [0.717, 1.165) is 49.6 Å². The average Bonchev–Trinajstić information content (AvgIpc) is 2.94. The first-order valence-electron chi connectivity index (χ1n) is 6.99. The molecule has 2 atom stereocenters. The zero-order chi connectivity index (χ0) is 12.5. The van der Waals surface area contributed by atoms with E-state index in [2.05, 4.69) is 35.0 Å². The van der Waals surface area contributed by atoms with Crippen LogP contribution in [0.25, 0.3) is 0 Å². The molecular weight excluding hydrogens is 226 g/mol. The lowest BCUT2D eigenvalue weighted by Gasteiger charge is -2.21. The lowest BCUT2D eigenvalue weighted by Crippen LogP contribution is -2.21. The highest BCUT2D eigenvalue weighted by Crippen LogP contribution is 2.36. The molecule has 1 aromatic heterocycles. The quantitative estimate of drug-likeness (QED) is 0.770. The van der Waals surface area contributed by atoms with Gasteiger partial charge in [0, 0.05) is 19.5 Å². The van der Waals surface area contributed by atoms with Crippen LogP contribution in [-0.4, -0.2) is 23.2 Å². The van der Waals surface area contributed by atoms with Crippen LogP contribution in [0.4, 0.5) is 5.95 Å². The third-order valence-corrected chi connectivity index (χ3v) is 4.13. The van der Waals surface area contributed by atoms with E-state index in [4.69, 9.17) is 4.52 Å². The Morgan fingerprint density at radius 1 is 1.39 bits per heavy atom. The zero-order valence-corrected chi connectivity index (χ0v) is 11.2. The van der Waals surface area contributed by atoms with Crippen LogP contribution in [0.15, 0.2) is 16.2 Å². The Hall–Kier alpha value is -1.32. The van der Waals surface area contributed by atoms with E-state index in [1.54, 1.807) is 0 Å². The van der Waals surface area contributed by atoms with Crippen molar-refractivity contribution in [2.45, 2.75) is 39.5 Å². The van der Waals surface area contributed by atoms with Gasteiger partial charge in [-0.3, -0.25) is 0 Å². The van der Waals surface area contributed by atoms with Crippen molar-refractivity contribution in [1.29, 1.82) is 0 Å². The third kappa shape index (κ3) is 2.16. The van der Waals surface area contributed by atoms with E-state index < -0.39 is 0 Å². The van der Waals surface area contributed by atoms with E-state index in [-0.39, 0.29) is 0 Å². The highest BCUT2D eigenvalue weighted by Gasteiger charge is 2.35. The van der Waals surface area contributed by atoms with Crippen LogP contribution in [0.3, 0.4) is 0 Å². The first kappa shape index (κ1) is 11.8. The Labute approximate surface area is 108 Å². The van der Waals surface area contributed by atoms with Crippen molar-refractivity contribution < 1.29 is 4.52 Å². The second-order valence-electron chi connectivity index (χ2n) is 5.65. The lowest BCUT2D eigenvalue weighted by molar-refractivity contribution is 0.376. The first-order chi connectivity index (χ1) is 8.76. The van der Waals surface area contributed by atoms with Gasteiger partial charge in [-0.05, 0) is 43.2 Å². The van der Waals surface area contributed by atoms with Crippen LogP contribution in [0.2, 0.25) is 0 Å². The average molecular weight is 247 g/mol. The Kier molecular flexibility index (Phi) is 3.10. The number of rotatable bonds is 3. The van der Waals surface area contributed by atoms with Gasteiger partial charge in [-0.2, -0.15) is 4.98 Å². The topological polar surface area (TPSA) is 42.2 Å².